The quantitative estimate of drug-likeness (QED) is 0.779. The minimum atomic E-state index is -0.679. The van der Waals surface area contributed by atoms with Crippen LogP contribution in [0, 0.1) is 16.7 Å². The summed E-state index contributed by atoms with van der Waals surface area (Å²) in [5.41, 5.74) is -0.0829. The summed E-state index contributed by atoms with van der Waals surface area (Å²) >= 11 is 0. The van der Waals surface area contributed by atoms with Crippen molar-refractivity contribution in [3.8, 4) is 0 Å². The van der Waals surface area contributed by atoms with Gasteiger partial charge in [0.2, 0.25) is 0 Å². The van der Waals surface area contributed by atoms with Crippen molar-refractivity contribution in [3.63, 3.8) is 0 Å². The van der Waals surface area contributed by atoms with Crippen molar-refractivity contribution in [1.82, 2.24) is 4.98 Å². The number of hydrogen-bond donors (Lipinski definition) is 1. The summed E-state index contributed by atoms with van der Waals surface area (Å²) in [6.07, 6.45) is 1.32. The van der Waals surface area contributed by atoms with Crippen LogP contribution >= 0.6 is 0 Å². The lowest BCUT2D eigenvalue weighted by atomic mass is 9.66. The molecule has 0 aromatic carbocycles. The van der Waals surface area contributed by atoms with Crippen molar-refractivity contribution < 1.29 is 19.1 Å². The molecule has 1 fully saturated rings. The Labute approximate surface area is 166 Å². The number of rotatable bonds is 5. The molecule has 154 valence electrons. The predicted octanol–water partition coefficient (Wildman–Crippen LogP) is 3.53. The summed E-state index contributed by atoms with van der Waals surface area (Å²) in [5, 5.41) is 0. The van der Waals surface area contributed by atoms with Crippen LogP contribution in [0.1, 0.15) is 80.8 Å². The number of esters is 1. The van der Waals surface area contributed by atoms with E-state index in [9.17, 15) is 14.4 Å². The van der Waals surface area contributed by atoms with Crippen molar-refractivity contribution >= 4 is 11.8 Å². The summed E-state index contributed by atoms with van der Waals surface area (Å²) in [6.45, 7) is 12.8. The normalized spacial score (nSPS) is 25.2. The molecule has 0 radical (unpaired) electrons. The van der Waals surface area contributed by atoms with E-state index in [0.717, 1.165) is 0 Å². The van der Waals surface area contributed by atoms with E-state index in [1.54, 1.807) is 0 Å². The highest BCUT2D eigenvalue weighted by molar-refractivity contribution is 6.01. The van der Waals surface area contributed by atoms with Gasteiger partial charge in [-0.05, 0) is 23.8 Å². The van der Waals surface area contributed by atoms with Crippen LogP contribution in [0.2, 0.25) is 0 Å². The Morgan fingerprint density at radius 2 is 1.86 bits per heavy atom. The second kappa shape index (κ2) is 7.14. The van der Waals surface area contributed by atoms with E-state index in [2.05, 4.69) is 18.8 Å². The molecule has 1 heterocycles. The fourth-order valence-electron chi connectivity index (χ4n) is 4.01. The number of nitrogens with one attached hydrogen (secondary N) is 1. The second-order valence-corrected chi connectivity index (χ2v) is 10.0. The Hall–Kier alpha value is -1.95. The molecule has 6 nitrogen and oxygen atoms in total. The minimum Gasteiger partial charge on any atom is -0.458 e. The van der Waals surface area contributed by atoms with Gasteiger partial charge >= 0.3 is 5.97 Å². The third-order valence-electron chi connectivity index (χ3n) is 5.91. The Kier molecular flexibility index (Phi) is 5.30. The first-order valence-electron chi connectivity index (χ1n) is 10.0. The van der Waals surface area contributed by atoms with Gasteiger partial charge in [0.1, 0.15) is 11.7 Å². The largest absolute Gasteiger partial charge is 0.458 e. The third-order valence-corrected chi connectivity index (χ3v) is 5.91. The monoisotopic (exact) mass is 389 g/mol. The smallest absolute Gasteiger partial charge is 0.344 e. The Morgan fingerprint density at radius 1 is 1.18 bits per heavy atom. The summed E-state index contributed by atoms with van der Waals surface area (Å²) in [7, 11) is 0. The number of carbonyl (C=O) groups is 2. The van der Waals surface area contributed by atoms with E-state index >= 15 is 0 Å². The first kappa shape index (κ1) is 20.8. The average molecular weight is 389 g/mol. The maximum absolute atomic E-state index is 12.7. The standard InChI is InChI=1S/C22H31NO5/c1-12(2)11-27-17-8-18(22(17,5)6)28-20(26)14-7-13-15(23-19(14)25)9-21(3,4)10-16(13)24/h7,12,17-18H,8-11H2,1-6H3,(H,23,25)/t17-,18+/m1/s1. The molecule has 0 amide bonds. The highest BCUT2D eigenvalue weighted by Crippen LogP contribution is 2.45. The molecule has 2 aliphatic rings. The molecule has 28 heavy (non-hydrogen) atoms. The van der Waals surface area contributed by atoms with Gasteiger partial charge in [-0.25, -0.2) is 4.79 Å². The zero-order chi connectivity index (χ0) is 20.9. The molecule has 1 aromatic rings. The van der Waals surface area contributed by atoms with Crippen LogP contribution in [0.25, 0.3) is 0 Å². The van der Waals surface area contributed by atoms with Gasteiger partial charge in [-0.1, -0.05) is 41.5 Å². The van der Waals surface area contributed by atoms with Crippen LogP contribution in [0.5, 0.6) is 0 Å². The van der Waals surface area contributed by atoms with Crippen LogP contribution in [-0.4, -0.2) is 35.6 Å². The maximum atomic E-state index is 12.7. The Bertz CT molecular complexity index is 849. The molecule has 1 saturated carbocycles. The van der Waals surface area contributed by atoms with E-state index < -0.39 is 11.5 Å². The summed E-state index contributed by atoms with van der Waals surface area (Å²) < 4.78 is 11.5. The molecular weight excluding hydrogens is 358 g/mol. The zero-order valence-electron chi connectivity index (χ0n) is 17.7. The van der Waals surface area contributed by atoms with Crippen molar-refractivity contribution in [1.29, 1.82) is 0 Å². The van der Waals surface area contributed by atoms with Crippen LogP contribution in [0.15, 0.2) is 10.9 Å². The van der Waals surface area contributed by atoms with Crippen LogP contribution in [-0.2, 0) is 15.9 Å². The number of ether oxygens (including phenoxy) is 2. The molecule has 6 heteroatoms. The number of carbonyl (C=O) groups excluding carboxylic acids is 2. The Balaban J connectivity index is 1.73. The SMILES string of the molecule is CC(C)CO[C@@H]1C[C@H](OC(=O)c2cc3c([nH]c2=O)CC(C)(C)CC3=O)C1(C)C. The lowest BCUT2D eigenvalue weighted by Gasteiger charge is -2.50. The van der Waals surface area contributed by atoms with Crippen molar-refractivity contribution in [3.05, 3.63) is 33.2 Å². The number of pyridine rings is 1. The minimum absolute atomic E-state index is 0.0262. The molecule has 3 rings (SSSR count). The van der Waals surface area contributed by atoms with Gasteiger partial charge in [0.15, 0.2) is 5.78 Å². The molecular formula is C22H31NO5. The van der Waals surface area contributed by atoms with E-state index in [1.165, 1.54) is 6.07 Å². The average Bonchev–Trinajstić information content (AvgIpc) is 2.55. The van der Waals surface area contributed by atoms with E-state index in [4.69, 9.17) is 9.47 Å². The number of ketones is 1. The summed E-state index contributed by atoms with van der Waals surface area (Å²) in [6, 6.07) is 1.41. The van der Waals surface area contributed by atoms with Gasteiger partial charge in [-0.3, -0.25) is 9.59 Å². The second-order valence-electron chi connectivity index (χ2n) is 10.0. The number of aromatic amines is 1. The lowest BCUT2D eigenvalue weighted by molar-refractivity contribution is -0.180. The highest BCUT2D eigenvalue weighted by atomic mass is 16.6. The molecule has 0 unspecified atom stereocenters. The van der Waals surface area contributed by atoms with Gasteiger partial charge in [0.25, 0.3) is 5.56 Å². The molecule has 1 N–H and O–H groups in total. The first-order chi connectivity index (χ1) is 12.9. The van der Waals surface area contributed by atoms with Gasteiger partial charge in [-0.2, -0.15) is 0 Å². The number of aromatic nitrogens is 1. The fraction of sp³-hybridized carbons (Fsp3) is 0.682. The fourth-order valence-corrected chi connectivity index (χ4v) is 4.01. The molecule has 0 saturated heterocycles. The summed E-state index contributed by atoms with van der Waals surface area (Å²) in [5.74, 6) is -0.293. The van der Waals surface area contributed by atoms with Crippen LogP contribution < -0.4 is 5.56 Å². The van der Waals surface area contributed by atoms with Crippen molar-refractivity contribution in [2.45, 2.75) is 73.0 Å². The molecule has 2 aliphatic carbocycles. The predicted molar refractivity (Wildman–Crippen MR) is 106 cm³/mol. The zero-order valence-corrected chi connectivity index (χ0v) is 17.7. The Morgan fingerprint density at radius 3 is 2.46 bits per heavy atom. The number of hydrogen-bond acceptors (Lipinski definition) is 5. The van der Waals surface area contributed by atoms with Crippen LogP contribution in [0.4, 0.5) is 0 Å². The third kappa shape index (κ3) is 3.93. The van der Waals surface area contributed by atoms with E-state index in [-0.39, 0.29) is 34.4 Å². The van der Waals surface area contributed by atoms with E-state index in [1.807, 2.05) is 27.7 Å². The van der Waals surface area contributed by atoms with Crippen LogP contribution in [0.3, 0.4) is 0 Å². The van der Waals surface area contributed by atoms with Crippen molar-refractivity contribution in [2.75, 3.05) is 6.61 Å². The topological polar surface area (TPSA) is 85.5 Å². The van der Waals surface area contributed by atoms with Crippen molar-refractivity contribution in [2.24, 2.45) is 16.7 Å². The first-order valence-corrected chi connectivity index (χ1v) is 10.0. The lowest BCUT2D eigenvalue weighted by Crippen LogP contribution is -2.56. The molecule has 2 atom stereocenters. The maximum Gasteiger partial charge on any atom is 0.344 e. The number of fused-ring (bicyclic) bond motifs is 1. The number of H-pyrrole nitrogens is 1. The summed E-state index contributed by atoms with van der Waals surface area (Å²) in [4.78, 5) is 40.3. The van der Waals surface area contributed by atoms with Gasteiger partial charge in [-0.15, -0.1) is 0 Å². The van der Waals surface area contributed by atoms with E-state index in [0.29, 0.717) is 43.0 Å². The number of Topliss-reactive ketones (excluding diaryl/α,β-unsaturated/α-hetero) is 1. The van der Waals surface area contributed by atoms with Gasteiger partial charge < -0.3 is 14.5 Å². The molecule has 0 spiro atoms. The molecule has 0 bridgehead atoms. The molecule has 1 aromatic heterocycles. The van der Waals surface area contributed by atoms with Gasteiger partial charge in [0, 0.05) is 36.1 Å². The highest BCUT2D eigenvalue weighted by Gasteiger charge is 2.51. The molecule has 0 aliphatic heterocycles. The van der Waals surface area contributed by atoms with Gasteiger partial charge in [0.05, 0.1) is 6.10 Å².